The van der Waals surface area contributed by atoms with Crippen molar-refractivity contribution in [2.24, 2.45) is 5.92 Å². The minimum atomic E-state index is -0.429. The first-order valence-electron chi connectivity index (χ1n) is 9.80. The average Bonchev–Trinajstić information content (AvgIpc) is 3.24. The molecule has 0 spiro atoms. The number of nitrogens with one attached hydrogen (secondary N) is 1. The number of nitrogens with zero attached hydrogens (tertiary/aromatic N) is 3. The van der Waals surface area contributed by atoms with Gasteiger partial charge in [0, 0.05) is 44.7 Å². The highest BCUT2D eigenvalue weighted by Crippen LogP contribution is 2.39. The molecular formula is C20H25ClN4O3. The fraction of sp³-hybridized carbons (Fsp3) is 0.550. The van der Waals surface area contributed by atoms with Gasteiger partial charge < -0.3 is 20.0 Å². The molecule has 0 saturated carbocycles. The summed E-state index contributed by atoms with van der Waals surface area (Å²) in [4.78, 5) is 43.2. The molecule has 0 aliphatic carbocycles. The van der Waals surface area contributed by atoms with Gasteiger partial charge in [0.15, 0.2) is 0 Å². The Balaban J connectivity index is 1.53. The molecule has 1 aromatic carbocycles. The van der Waals surface area contributed by atoms with Crippen molar-refractivity contribution in [2.75, 3.05) is 33.2 Å². The smallest absolute Gasteiger partial charge is 0.317 e. The fourth-order valence-electron chi connectivity index (χ4n) is 4.72. The third-order valence-electron chi connectivity index (χ3n) is 6.13. The first-order valence-corrected chi connectivity index (χ1v) is 10.2. The van der Waals surface area contributed by atoms with E-state index in [-0.39, 0.29) is 36.3 Å². The van der Waals surface area contributed by atoms with Crippen LogP contribution in [0, 0.1) is 5.92 Å². The summed E-state index contributed by atoms with van der Waals surface area (Å²) in [6.45, 7) is 2.54. The number of hydrogen-bond acceptors (Lipinski definition) is 3. The number of hydrogen-bond donors (Lipinski definition) is 1. The van der Waals surface area contributed by atoms with Crippen molar-refractivity contribution in [1.29, 1.82) is 0 Å². The lowest BCUT2D eigenvalue weighted by Crippen LogP contribution is -2.52. The summed E-state index contributed by atoms with van der Waals surface area (Å²) in [5.74, 6) is -0.468. The number of likely N-dealkylation sites (tertiary alicyclic amines) is 2. The molecule has 0 bridgehead atoms. The van der Waals surface area contributed by atoms with Gasteiger partial charge in [-0.1, -0.05) is 23.7 Å². The number of carbonyl (C=O) groups is 3. The van der Waals surface area contributed by atoms with E-state index in [4.69, 9.17) is 11.6 Å². The van der Waals surface area contributed by atoms with Crippen molar-refractivity contribution in [2.45, 2.75) is 31.3 Å². The van der Waals surface area contributed by atoms with E-state index in [2.05, 4.69) is 5.32 Å². The van der Waals surface area contributed by atoms with Crippen molar-refractivity contribution in [1.82, 2.24) is 20.0 Å². The van der Waals surface area contributed by atoms with Gasteiger partial charge in [0.25, 0.3) is 0 Å². The van der Waals surface area contributed by atoms with E-state index < -0.39 is 5.92 Å². The Morgan fingerprint density at radius 3 is 2.79 bits per heavy atom. The number of piperidine rings is 1. The van der Waals surface area contributed by atoms with Gasteiger partial charge in [-0.15, -0.1) is 0 Å². The first kappa shape index (κ1) is 19.1. The molecule has 3 fully saturated rings. The third kappa shape index (κ3) is 3.43. The molecule has 3 aliphatic heterocycles. The molecule has 0 aromatic heterocycles. The predicted molar refractivity (Wildman–Crippen MR) is 105 cm³/mol. The highest BCUT2D eigenvalue weighted by Gasteiger charge is 2.45. The monoisotopic (exact) mass is 404 g/mol. The normalized spacial score (nSPS) is 28.1. The van der Waals surface area contributed by atoms with E-state index in [1.54, 1.807) is 18.0 Å². The Bertz CT molecular complexity index is 801. The summed E-state index contributed by atoms with van der Waals surface area (Å²) in [5, 5.41) is 3.42. The van der Waals surface area contributed by atoms with E-state index >= 15 is 0 Å². The molecule has 1 aromatic rings. The Morgan fingerprint density at radius 1 is 1.25 bits per heavy atom. The second-order valence-electron chi connectivity index (χ2n) is 7.82. The summed E-state index contributed by atoms with van der Waals surface area (Å²) >= 11 is 6.15. The molecular weight excluding hydrogens is 380 g/mol. The molecule has 3 heterocycles. The summed E-state index contributed by atoms with van der Waals surface area (Å²) < 4.78 is 0. The average molecular weight is 405 g/mol. The molecule has 3 unspecified atom stereocenters. The third-order valence-corrected chi connectivity index (χ3v) is 6.37. The lowest BCUT2D eigenvalue weighted by Gasteiger charge is -2.38. The van der Waals surface area contributed by atoms with Crippen LogP contribution in [0.3, 0.4) is 0 Å². The predicted octanol–water partition coefficient (Wildman–Crippen LogP) is 1.88. The van der Waals surface area contributed by atoms with Crippen molar-refractivity contribution in [3.63, 3.8) is 0 Å². The molecule has 3 aliphatic rings. The van der Waals surface area contributed by atoms with E-state index in [1.165, 1.54) is 0 Å². The van der Waals surface area contributed by atoms with Crippen LogP contribution in [-0.2, 0) is 9.59 Å². The Morgan fingerprint density at radius 2 is 2.07 bits per heavy atom. The minimum absolute atomic E-state index is 0.00743. The van der Waals surface area contributed by atoms with E-state index in [9.17, 15) is 14.4 Å². The number of amides is 4. The molecule has 8 heteroatoms. The Labute approximate surface area is 169 Å². The van der Waals surface area contributed by atoms with E-state index in [0.29, 0.717) is 31.2 Å². The highest BCUT2D eigenvalue weighted by atomic mass is 35.5. The summed E-state index contributed by atoms with van der Waals surface area (Å²) in [7, 11) is 1.74. The van der Waals surface area contributed by atoms with Gasteiger partial charge in [-0.2, -0.15) is 0 Å². The van der Waals surface area contributed by atoms with Crippen LogP contribution in [0.25, 0.3) is 0 Å². The van der Waals surface area contributed by atoms with Gasteiger partial charge >= 0.3 is 6.03 Å². The SMILES string of the molecule is CN1C(=O)CC(C(=O)N2CCCC(N3CCNC3=O)C2)C1c1cccc(Cl)c1. The van der Waals surface area contributed by atoms with Crippen LogP contribution in [0.5, 0.6) is 0 Å². The molecule has 28 heavy (non-hydrogen) atoms. The van der Waals surface area contributed by atoms with Crippen LogP contribution in [0.1, 0.15) is 30.9 Å². The number of rotatable bonds is 3. The Kier molecular flexibility index (Phi) is 5.19. The van der Waals surface area contributed by atoms with Crippen molar-refractivity contribution in [3.05, 3.63) is 34.9 Å². The van der Waals surface area contributed by atoms with Crippen molar-refractivity contribution < 1.29 is 14.4 Å². The lowest BCUT2D eigenvalue weighted by molar-refractivity contribution is -0.138. The Hall–Kier alpha value is -2.28. The zero-order valence-electron chi connectivity index (χ0n) is 15.9. The molecule has 7 nitrogen and oxygen atoms in total. The van der Waals surface area contributed by atoms with Gasteiger partial charge in [0.2, 0.25) is 11.8 Å². The van der Waals surface area contributed by atoms with Crippen molar-refractivity contribution >= 4 is 29.4 Å². The number of halogens is 1. The zero-order valence-corrected chi connectivity index (χ0v) is 16.7. The van der Waals surface area contributed by atoms with Crippen LogP contribution >= 0.6 is 11.6 Å². The number of carbonyl (C=O) groups excluding carboxylic acids is 3. The first-order chi connectivity index (χ1) is 13.5. The molecule has 3 atom stereocenters. The zero-order chi connectivity index (χ0) is 19.8. The topological polar surface area (TPSA) is 73.0 Å². The van der Waals surface area contributed by atoms with Crippen molar-refractivity contribution in [3.8, 4) is 0 Å². The summed E-state index contributed by atoms with van der Waals surface area (Å²) in [6.07, 6.45) is 1.97. The van der Waals surface area contributed by atoms with E-state index in [1.807, 2.05) is 28.0 Å². The second kappa shape index (κ2) is 7.62. The van der Waals surface area contributed by atoms with Crippen LogP contribution < -0.4 is 5.32 Å². The maximum Gasteiger partial charge on any atom is 0.317 e. The molecule has 0 radical (unpaired) electrons. The van der Waals surface area contributed by atoms with Crippen LogP contribution in [0.4, 0.5) is 4.79 Å². The quantitative estimate of drug-likeness (QED) is 0.835. The van der Waals surface area contributed by atoms with Gasteiger partial charge in [-0.05, 0) is 30.5 Å². The van der Waals surface area contributed by atoms with Gasteiger partial charge in [0.05, 0.1) is 18.0 Å². The van der Waals surface area contributed by atoms with E-state index in [0.717, 1.165) is 18.4 Å². The number of urea groups is 1. The largest absolute Gasteiger partial charge is 0.340 e. The van der Waals surface area contributed by atoms with Crippen LogP contribution in [0.2, 0.25) is 5.02 Å². The lowest BCUT2D eigenvalue weighted by atomic mass is 9.91. The minimum Gasteiger partial charge on any atom is -0.340 e. The summed E-state index contributed by atoms with van der Waals surface area (Å²) in [6, 6.07) is 7.06. The molecule has 150 valence electrons. The van der Waals surface area contributed by atoms with Crippen LogP contribution in [-0.4, -0.2) is 71.8 Å². The molecule has 4 rings (SSSR count). The second-order valence-corrected chi connectivity index (χ2v) is 8.26. The summed E-state index contributed by atoms with van der Waals surface area (Å²) in [5.41, 5.74) is 0.881. The van der Waals surface area contributed by atoms with Gasteiger partial charge in [-0.3, -0.25) is 9.59 Å². The van der Waals surface area contributed by atoms with Gasteiger partial charge in [0.1, 0.15) is 0 Å². The number of benzene rings is 1. The maximum absolute atomic E-state index is 13.4. The highest BCUT2D eigenvalue weighted by molar-refractivity contribution is 6.30. The standard InChI is InChI=1S/C20H25ClN4O3/c1-23-17(26)11-16(18(23)13-4-2-5-14(21)10-13)19(27)24-8-3-6-15(12-24)25-9-7-22-20(25)28/h2,4-5,10,15-16,18H,3,6-9,11-12H2,1H3,(H,22,28). The van der Waals surface area contributed by atoms with Gasteiger partial charge in [-0.25, -0.2) is 4.79 Å². The molecule has 3 saturated heterocycles. The molecule has 4 amide bonds. The fourth-order valence-corrected chi connectivity index (χ4v) is 4.91. The van der Waals surface area contributed by atoms with Crippen LogP contribution in [0.15, 0.2) is 24.3 Å². The maximum atomic E-state index is 13.4. The molecule has 1 N–H and O–H groups in total.